The van der Waals surface area contributed by atoms with E-state index in [2.05, 4.69) is 0 Å². The van der Waals surface area contributed by atoms with Gasteiger partial charge in [-0.25, -0.2) is 0 Å². The van der Waals surface area contributed by atoms with Gasteiger partial charge < -0.3 is 28.4 Å². The van der Waals surface area contributed by atoms with Crippen molar-refractivity contribution >= 4 is 0 Å². The predicted molar refractivity (Wildman–Crippen MR) is 88.6 cm³/mol. The minimum Gasteiger partial charge on any atom is -0.348 e. The number of ether oxygens (including phenoxy) is 6. The second-order valence-corrected chi connectivity index (χ2v) is 7.70. The molecule has 0 aliphatic carbocycles. The van der Waals surface area contributed by atoms with E-state index in [1.807, 2.05) is 58.0 Å². The van der Waals surface area contributed by atoms with Crippen LogP contribution >= 0.6 is 0 Å². The van der Waals surface area contributed by atoms with Gasteiger partial charge in [-0.1, -0.05) is 30.3 Å². The van der Waals surface area contributed by atoms with Crippen LogP contribution in [0.2, 0.25) is 0 Å². The molecule has 5 atom stereocenters. The van der Waals surface area contributed by atoms with Crippen molar-refractivity contribution in [3.8, 4) is 0 Å². The van der Waals surface area contributed by atoms with Gasteiger partial charge in [0.15, 0.2) is 17.9 Å². The van der Waals surface area contributed by atoms with Crippen molar-refractivity contribution < 1.29 is 28.4 Å². The number of rotatable bonds is 4. The molecule has 6 heteroatoms. The Morgan fingerprint density at radius 3 is 2.32 bits per heavy atom. The monoisotopic (exact) mass is 350 g/mol. The molecular weight excluding hydrogens is 324 g/mol. The van der Waals surface area contributed by atoms with Crippen molar-refractivity contribution in [2.75, 3.05) is 6.61 Å². The molecule has 25 heavy (non-hydrogen) atoms. The third-order valence-electron chi connectivity index (χ3n) is 4.70. The fourth-order valence-corrected chi connectivity index (χ4v) is 3.65. The molecule has 3 fully saturated rings. The third kappa shape index (κ3) is 3.60. The molecule has 1 aromatic carbocycles. The summed E-state index contributed by atoms with van der Waals surface area (Å²) in [5, 5.41) is 0. The van der Waals surface area contributed by atoms with Crippen LogP contribution in [0.5, 0.6) is 0 Å². The van der Waals surface area contributed by atoms with E-state index in [9.17, 15) is 0 Å². The van der Waals surface area contributed by atoms with E-state index < -0.39 is 17.9 Å². The first-order chi connectivity index (χ1) is 11.8. The fraction of sp³-hybridized carbons (Fsp3) is 0.684. The van der Waals surface area contributed by atoms with Crippen LogP contribution in [0, 0.1) is 0 Å². The summed E-state index contributed by atoms with van der Waals surface area (Å²) in [6.45, 7) is 8.55. The highest BCUT2D eigenvalue weighted by Gasteiger charge is 2.59. The molecule has 0 spiro atoms. The molecule has 1 unspecified atom stereocenters. The van der Waals surface area contributed by atoms with Crippen molar-refractivity contribution in [1.82, 2.24) is 0 Å². The van der Waals surface area contributed by atoms with Crippen LogP contribution in [0.1, 0.15) is 33.3 Å². The molecule has 4 rings (SSSR count). The summed E-state index contributed by atoms with van der Waals surface area (Å²) in [6.07, 6.45) is -1.50. The fourth-order valence-electron chi connectivity index (χ4n) is 3.65. The van der Waals surface area contributed by atoms with Gasteiger partial charge >= 0.3 is 0 Å². The van der Waals surface area contributed by atoms with Gasteiger partial charge in [0, 0.05) is 0 Å². The standard InChI is InChI=1S/C19H26O6/c1-18(2)21-11-13(23-18)14-15-16(25-19(3,4)24-15)17(22-14)20-10-12-8-6-5-7-9-12/h5-9,13-17H,10-11H2,1-4H3/t13-,14-,15+,16+,17?/m1/s1. The second kappa shape index (κ2) is 6.30. The van der Waals surface area contributed by atoms with Gasteiger partial charge in [0.25, 0.3) is 0 Å². The highest BCUT2D eigenvalue weighted by molar-refractivity contribution is 5.13. The normalized spacial score (nSPS) is 38.8. The molecule has 3 aliphatic rings. The zero-order chi connectivity index (χ0) is 17.7. The highest BCUT2D eigenvalue weighted by atomic mass is 16.8. The van der Waals surface area contributed by atoms with Crippen LogP contribution in [0.25, 0.3) is 0 Å². The maximum absolute atomic E-state index is 6.14. The lowest BCUT2D eigenvalue weighted by molar-refractivity contribution is -0.250. The largest absolute Gasteiger partial charge is 0.348 e. The van der Waals surface area contributed by atoms with Crippen molar-refractivity contribution in [3.63, 3.8) is 0 Å². The molecule has 0 radical (unpaired) electrons. The Kier molecular flexibility index (Phi) is 4.38. The van der Waals surface area contributed by atoms with E-state index >= 15 is 0 Å². The average molecular weight is 350 g/mol. The highest BCUT2D eigenvalue weighted by Crippen LogP contribution is 2.42. The smallest absolute Gasteiger partial charge is 0.187 e. The number of hydrogen-bond acceptors (Lipinski definition) is 6. The van der Waals surface area contributed by atoms with Gasteiger partial charge in [0.1, 0.15) is 24.4 Å². The second-order valence-electron chi connectivity index (χ2n) is 7.70. The number of benzene rings is 1. The summed E-state index contributed by atoms with van der Waals surface area (Å²) < 4.78 is 36.0. The lowest BCUT2D eigenvalue weighted by atomic mass is 10.1. The molecule has 0 bridgehead atoms. The summed E-state index contributed by atoms with van der Waals surface area (Å²) in [5.74, 6) is -1.28. The van der Waals surface area contributed by atoms with Gasteiger partial charge in [0.2, 0.25) is 0 Å². The lowest BCUT2D eigenvalue weighted by Gasteiger charge is -2.27. The van der Waals surface area contributed by atoms with Crippen molar-refractivity contribution in [3.05, 3.63) is 35.9 Å². The summed E-state index contributed by atoms with van der Waals surface area (Å²) >= 11 is 0. The summed E-state index contributed by atoms with van der Waals surface area (Å²) in [5.41, 5.74) is 1.09. The summed E-state index contributed by atoms with van der Waals surface area (Å²) in [4.78, 5) is 0. The minimum absolute atomic E-state index is 0.203. The molecule has 3 heterocycles. The van der Waals surface area contributed by atoms with E-state index in [1.165, 1.54) is 0 Å². The van der Waals surface area contributed by atoms with E-state index in [4.69, 9.17) is 28.4 Å². The van der Waals surface area contributed by atoms with Gasteiger partial charge in [-0.3, -0.25) is 0 Å². The third-order valence-corrected chi connectivity index (χ3v) is 4.70. The maximum atomic E-state index is 6.14. The summed E-state index contributed by atoms with van der Waals surface area (Å²) in [7, 11) is 0. The van der Waals surface area contributed by atoms with E-state index in [1.54, 1.807) is 0 Å². The van der Waals surface area contributed by atoms with Gasteiger partial charge in [0.05, 0.1) is 13.2 Å². The van der Waals surface area contributed by atoms with Crippen molar-refractivity contribution in [2.45, 2.75) is 76.6 Å². The van der Waals surface area contributed by atoms with Gasteiger partial charge in [-0.15, -0.1) is 0 Å². The SMILES string of the molecule is CC1(C)O[C@H]2[C@@H]([C@H]3COC(C)(C)O3)OC(OCc3ccccc3)[C@H]2O1. The Labute approximate surface area is 148 Å². The molecule has 0 N–H and O–H groups in total. The Morgan fingerprint density at radius 2 is 1.64 bits per heavy atom. The quantitative estimate of drug-likeness (QED) is 0.832. The first-order valence-corrected chi connectivity index (χ1v) is 8.81. The Balaban J connectivity index is 1.47. The Morgan fingerprint density at radius 1 is 0.920 bits per heavy atom. The van der Waals surface area contributed by atoms with E-state index in [0.29, 0.717) is 13.2 Å². The molecule has 6 nitrogen and oxygen atoms in total. The first-order valence-electron chi connectivity index (χ1n) is 8.81. The van der Waals surface area contributed by atoms with Crippen LogP contribution in [0.4, 0.5) is 0 Å². The van der Waals surface area contributed by atoms with Crippen molar-refractivity contribution in [2.24, 2.45) is 0 Å². The van der Waals surface area contributed by atoms with Crippen LogP contribution in [0.3, 0.4) is 0 Å². The summed E-state index contributed by atoms with van der Waals surface area (Å²) in [6, 6.07) is 10.0. The lowest BCUT2D eigenvalue weighted by Crippen LogP contribution is -2.40. The Hall–Kier alpha value is -1.02. The zero-order valence-corrected chi connectivity index (χ0v) is 15.1. The first kappa shape index (κ1) is 17.4. The zero-order valence-electron chi connectivity index (χ0n) is 15.1. The van der Waals surface area contributed by atoms with Gasteiger partial charge in [-0.2, -0.15) is 0 Å². The van der Waals surface area contributed by atoms with Crippen LogP contribution in [0.15, 0.2) is 30.3 Å². The maximum Gasteiger partial charge on any atom is 0.187 e. The molecule has 1 aromatic rings. The topological polar surface area (TPSA) is 55.4 Å². The predicted octanol–water partition coefficient (Wildman–Crippen LogP) is 2.60. The minimum atomic E-state index is -0.666. The van der Waals surface area contributed by atoms with E-state index in [0.717, 1.165) is 5.56 Å². The Bertz CT molecular complexity index is 601. The van der Waals surface area contributed by atoms with Crippen LogP contribution in [-0.4, -0.2) is 48.9 Å². The van der Waals surface area contributed by atoms with E-state index in [-0.39, 0.29) is 24.4 Å². The van der Waals surface area contributed by atoms with Gasteiger partial charge in [-0.05, 0) is 33.3 Å². The van der Waals surface area contributed by atoms with Crippen molar-refractivity contribution in [1.29, 1.82) is 0 Å². The molecule has 3 aliphatic heterocycles. The molecule has 0 saturated carbocycles. The number of hydrogen-bond donors (Lipinski definition) is 0. The molecule has 0 amide bonds. The van der Waals surface area contributed by atoms with Crippen LogP contribution < -0.4 is 0 Å². The molecule has 0 aromatic heterocycles. The molecule has 138 valence electrons. The molecule has 3 saturated heterocycles. The number of fused-ring (bicyclic) bond motifs is 1. The molecular formula is C19H26O6. The van der Waals surface area contributed by atoms with Crippen LogP contribution in [-0.2, 0) is 35.0 Å². The average Bonchev–Trinajstić information content (AvgIpc) is 3.17.